The van der Waals surface area contributed by atoms with Crippen molar-refractivity contribution >= 4 is 11.8 Å². The topological polar surface area (TPSA) is 69.6 Å². The average Bonchev–Trinajstić information content (AvgIpc) is 2.15. The van der Waals surface area contributed by atoms with Crippen LogP contribution in [0.1, 0.15) is 12.8 Å². The van der Waals surface area contributed by atoms with Crippen LogP contribution in [-0.2, 0) is 4.79 Å². The molecule has 2 N–H and O–H groups in total. The lowest BCUT2D eigenvalue weighted by molar-refractivity contribution is -0.120. The van der Waals surface area contributed by atoms with E-state index < -0.39 is 0 Å². The SMILES string of the molecule is O=C1CCN(C(=O)NCCO)CC1. The molecule has 1 aliphatic rings. The van der Waals surface area contributed by atoms with Gasteiger partial charge in [-0.25, -0.2) is 4.79 Å². The van der Waals surface area contributed by atoms with Gasteiger partial charge in [0.25, 0.3) is 0 Å². The molecule has 0 atom stereocenters. The minimum atomic E-state index is -0.193. The molecule has 1 heterocycles. The van der Waals surface area contributed by atoms with Crippen molar-refractivity contribution in [1.82, 2.24) is 10.2 Å². The summed E-state index contributed by atoms with van der Waals surface area (Å²) >= 11 is 0. The Balaban J connectivity index is 2.27. The first-order valence-electron chi connectivity index (χ1n) is 4.39. The van der Waals surface area contributed by atoms with E-state index >= 15 is 0 Å². The Kier molecular flexibility index (Phi) is 3.70. The first-order valence-corrected chi connectivity index (χ1v) is 4.39. The summed E-state index contributed by atoms with van der Waals surface area (Å²) < 4.78 is 0. The molecule has 0 spiro atoms. The predicted octanol–water partition coefficient (Wildman–Crippen LogP) is -0.647. The number of hydrogen-bond acceptors (Lipinski definition) is 3. The van der Waals surface area contributed by atoms with E-state index in [2.05, 4.69) is 5.32 Å². The lowest BCUT2D eigenvalue weighted by Gasteiger charge is -2.25. The molecule has 1 fully saturated rings. The van der Waals surface area contributed by atoms with E-state index in [1.54, 1.807) is 4.90 Å². The number of aliphatic hydroxyl groups is 1. The van der Waals surface area contributed by atoms with Gasteiger partial charge in [0.1, 0.15) is 5.78 Å². The van der Waals surface area contributed by atoms with Crippen molar-refractivity contribution in [3.63, 3.8) is 0 Å². The number of urea groups is 1. The van der Waals surface area contributed by atoms with E-state index in [0.29, 0.717) is 25.9 Å². The summed E-state index contributed by atoms with van der Waals surface area (Å²) in [6.07, 6.45) is 0.902. The van der Waals surface area contributed by atoms with Crippen molar-refractivity contribution in [3.8, 4) is 0 Å². The molecular weight excluding hydrogens is 172 g/mol. The summed E-state index contributed by atoms with van der Waals surface area (Å²) in [7, 11) is 0. The molecule has 0 aliphatic carbocycles. The van der Waals surface area contributed by atoms with Crippen LogP contribution < -0.4 is 5.32 Å². The monoisotopic (exact) mass is 186 g/mol. The van der Waals surface area contributed by atoms with Gasteiger partial charge < -0.3 is 15.3 Å². The zero-order valence-electron chi connectivity index (χ0n) is 7.45. The second-order valence-electron chi connectivity index (χ2n) is 2.98. The van der Waals surface area contributed by atoms with Crippen LogP contribution in [0.15, 0.2) is 0 Å². The molecule has 2 amide bonds. The Labute approximate surface area is 76.7 Å². The van der Waals surface area contributed by atoms with Crippen molar-refractivity contribution in [2.24, 2.45) is 0 Å². The molecule has 5 nitrogen and oxygen atoms in total. The number of hydrogen-bond donors (Lipinski definition) is 2. The number of aliphatic hydroxyl groups excluding tert-OH is 1. The zero-order valence-corrected chi connectivity index (χ0v) is 7.45. The molecule has 0 aromatic rings. The summed E-state index contributed by atoms with van der Waals surface area (Å²) in [5.41, 5.74) is 0. The Morgan fingerprint density at radius 3 is 2.62 bits per heavy atom. The largest absolute Gasteiger partial charge is 0.395 e. The third-order valence-electron chi connectivity index (χ3n) is 2.00. The number of nitrogens with one attached hydrogen (secondary N) is 1. The maximum atomic E-state index is 11.3. The second-order valence-corrected chi connectivity index (χ2v) is 2.98. The molecule has 0 saturated carbocycles. The molecule has 0 aromatic heterocycles. The molecule has 1 saturated heterocycles. The zero-order chi connectivity index (χ0) is 9.68. The summed E-state index contributed by atoms with van der Waals surface area (Å²) in [5.74, 6) is 0.214. The molecule has 0 radical (unpaired) electrons. The molecule has 74 valence electrons. The molecule has 13 heavy (non-hydrogen) atoms. The van der Waals surface area contributed by atoms with E-state index in [9.17, 15) is 9.59 Å². The van der Waals surface area contributed by atoms with Gasteiger partial charge in [-0.1, -0.05) is 0 Å². The van der Waals surface area contributed by atoms with Gasteiger partial charge in [0.15, 0.2) is 0 Å². The maximum Gasteiger partial charge on any atom is 0.317 e. The van der Waals surface area contributed by atoms with Gasteiger partial charge in [-0.05, 0) is 0 Å². The number of carbonyl (C=O) groups excluding carboxylic acids is 2. The first-order chi connectivity index (χ1) is 6.24. The minimum Gasteiger partial charge on any atom is -0.395 e. The number of rotatable bonds is 2. The molecule has 0 unspecified atom stereocenters. The van der Waals surface area contributed by atoms with Crippen LogP contribution in [0.4, 0.5) is 4.79 Å². The number of ketones is 1. The smallest absolute Gasteiger partial charge is 0.317 e. The summed E-state index contributed by atoms with van der Waals surface area (Å²) in [6, 6.07) is -0.193. The van der Waals surface area contributed by atoms with Crippen LogP contribution in [0.3, 0.4) is 0 Å². The van der Waals surface area contributed by atoms with Crippen LogP contribution in [0.25, 0.3) is 0 Å². The number of Topliss-reactive ketones (excluding diaryl/α,β-unsaturated/α-hetero) is 1. The van der Waals surface area contributed by atoms with Crippen molar-refractivity contribution in [2.45, 2.75) is 12.8 Å². The Hall–Kier alpha value is -1.10. The van der Waals surface area contributed by atoms with Crippen LogP contribution in [-0.4, -0.2) is 48.1 Å². The van der Waals surface area contributed by atoms with E-state index in [1.807, 2.05) is 0 Å². The average molecular weight is 186 g/mol. The molecular formula is C8H14N2O3. The third kappa shape index (κ3) is 3.02. The van der Waals surface area contributed by atoms with Crippen molar-refractivity contribution < 1.29 is 14.7 Å². The Morgan fingerprint density at radius 1 is 1.46 bits per heavy atom. The Bertz CT molecular complexity index is 196. The van der Waals surface area contributed by atoms with E-state index in [4.69, 9.17) is 5.11 Å². The fourth-order valence-corrected chi connectivity index (χ4v) is 1.23. The van der Waals surface area contributed by atoms with Gasteiger partial charge >= 0.3 is 6.03 Å². The molecule has 0 aromatic carbocycles. The molecule has 5 heteroatoms. The highest BCUT2D eigenvalue weighted by Gasteiger charge is 2.19. The fourth-order valence-electron chi connectivity index (χ4n) is 1.23. The normalized spacial score (nSPS) is 17.3. The Morgan fingerprint density at radius 2 is 2.08 bits per heavy atom. The van der Waals surface area contributed by atoms with Crippen LogP contribution in [0, 0.1) is 0 Å². The van der Waals surface area contributed by atoms with Gasteiger partial charge in [-0.3, -0.25) is 4.79 Å². The predicted molar refractivity (Wildman–Crippen MR) is 46.3 cm³/mol. The number of nitrogens with zero attached hydrogens (tertiary/aromatic N) is 1. The van der Waals surface area contributed by atoms with Crippen molar-refractivity contribution in [1.29, 1.82) is 0 Å². The molecule has 1 rings (SSSR count). The summed E-state index contributed by atoms with van der Waals surface area (Å²) in [4.78, 5) is 23.7. The summed E-state index contributed by atoms with van der Waals surface area (Å²) in [5, 5.41) is 11.0. The number of likely N-dealkylation sites (tertiary alicyclic amines) is 1. The van der Waals surface area contributed by atoms with Crippen LogP contribution in [0.5, 0.6) is 0 Å². The van der Waals surface area contributed by atoms with Gasteiger partial charge in [-0.15, -0.1) is 0 Å². The van der Waals surface area contributed by atoms with Gasteiger partial charge in [-0.2, -0.15) is 0 Å². The molecule has 0 bridgehead atoms. The van der Waals surface area contributed by atoms with Crippen molar-refractivity contribution in [2.75, 3.05) is 26.2 Å². The lowest BCUT2D eigenvalue weighted by Crippen LogP contribution is -2.45. The number of amides is 2. The number of piperidine rings is 1. The van der Waals surface area contributed by atoms with Gasteiger partial charge in [0.05, 0.1) is 6.61 Å². The highest BCUT2D eigenvalue weighted by Crippen LogP contribution is 2.04. The first kappa shape index (κ1) is 9.98. The van der Waals surface area contributed by atoms with Crippen LogP contribution >= 0.6 is 0 Å². The number of carbonyl (C=O) groups is 2. The standard InChI is InChI=1S/C8H14N2O3/c11-6-3-9-8(13)10-4-1-7(12)2-5-10/h11H,1-6H2,(H,9,13). The highest BCUT2D eigenvalue weighted by atomic mass is 16.3. The van der Waals surface area contributed by atoms with Crippen LogP contribution in [0.2, 0.25) is 0 Å². The minimum absolute atomic E-state index is 0.0570. The quantitative estimate of drug-likeness (QED) is 0.602. The highest BCUT2D eigenvalue weighted by molar-refractivity contribution is 5.82. The van der Waals surface area contributed by atoms with E-state index in [0.717, 1.165) is 0 Å². The van der Waals surface area contributed by atoms with Gasteiger partial charge in [0, 0.05) is 32.5 Å². The fraction of sp³-hybridized carbons (Fsp3) is 0.750. The third-order valence-corrected chi connectivity index (χ3v) is 2.00. The second kappa shape index (κ2) is 4.81. The van der Waals surface area contributed by atoms with Crippen molar-refractivity contribution in [3.05, 3.63) is 0 Å². The maximum absolute atomic E-state index is 11.3. The van der Waals surface area contributed by atoms with E-state index in [-0.39, 0.29) is 25.0 Å². The lowest BCUT2D eigenvalue weighted by atomic mass is 10.1. The van der Waals surface area contributed by atoms with E-state index in [1.165, 1.54) is 0 Å². The summed E-state index contributed by atoms with van der Waals surface area (Å²) in [6.45, 7) is 1.20. The molecule has 1 aliphatic heterocycles. The van der Waals surface area contributed by atoms with Gasteiger partial charge in [0.2, 0.25) is 0 Å².